The quantitative estimate of drug-likeness (QED) is 0.927. The molecule has 1 atom stereocenters. The molecule has 2 aromatic carbocycles. The molecule has 3 rings (SSSR count). The highest BCUT2D eigenvalue weighted by atomic mass is 19.2. The first-order chi connectivity index (χ1) is 12.0. The van der Waals surface area contributed by atoms with Gasteiger partial charge in [0, 0.05) is 12.1 Å². The lowest BCUT2D eigenvalue weighted by Gasteiger charge is -2.33. The van der Waals surface area contributed by atoms with Crippen molar-refractivity contribution in [3.8, 4) is 0 Å². The summed E-state index contributed by atoms with van der Waals surface area (Å²) in [5.74, 6) is -3.37. The molecule has 130 valence electrons. The average Bonchev–Trinajstić information content (AvgIpc) is 2.63. The monoisotopic (exact) mass is 347 g/mol. The van der Waals surface area contributed by atoms with Crippen LogP contribution in [0, 0.1) is 11.6 Å². The number of halogens is 2. The SMILES string of the molecule is O=C(O)c1cccc(C(=O)N2CCOC(c3ccc(F)c(F)c3)C2)c1. The predicted molar refractivity (Wildman–Crippen MR) is 84.4 cm³/mol. The van der Waals surface area contributed by atoms with Gasteiger partial charge in [0.05, 0.1) is 18.7 Å². The third kappa shape index (κ3) is 3.66. The second kappa shape index (κ2) is 6.98. The number of morpholine rings is 1. The van der Waals surface area contributed by atoms with Crippen LogP contribution in [0.25, 0.3) is 0 Å². The van der Waals surface area contributed by atoms with Crippen LogP contribution in [0.5, 0.6) is 0 Å². The Labute approximate surface area is 142 Å². The number of hydrogen-bond acceptors (Lipinski definition) is 3. The third-order valence-corrected chi connectivity index (χ3v) is 4.03. The van der Waals surface area contributed by atoms with Crippen molar-refractivity contribution in [3.63, 3.8) is 0 Å². The zero-order valence-electron chi connectivity index (χ0n) is 13.1. The number of carboxylic acid groups (broad SMARTS) is 1. The van der Waals surface area contributed by atoms with Crippen LogP contribution in [0.1, 0.15) is 32.4 Å². The Morgan fingerprint density at radius 2 is 1.84 bits per heavy atom. The summed E-state index contributed by atoms with van der Waals surface area (Å²) < 4.78 is 32.0. The second-order valence-electron chi connectivity index (χ2n) is 5.67. The molecule has 0 bridgehead atoms. The second-order valence-corrected chi connectivity index (χ2v) is 5.67. The number of amides is 1. The molecule has 1 N–H and O–H groups in total. The fourth-order valence-electron chi connectivity index (χ4n) is 2.72. The van der Waals surface area contributed by atoms with Crippen molar-refractivity contribution in [1.82, 2.24) is 4.90 Å². The number of benzene rings is 2. The molecule has 1 heterocycles. The molecule has 1 saturated heterocycles. The Morgan fingerprint density at radius 3 is 2.56 bits per heavy atom. The maximum Gasteiger partial charge on any atom is 0.335 e. The van der Waals surface area contributed by atoms with Crippen molar-refractivity contribution < 1.29 is 28.2 Å². The molecule has 0 saturated carbocycles. The zero-order chi connectivity index (χ0) is 18.0. The van der Waals surface area contributed by atoms with Crippen LogP contribution in [0.2, 0.25) is 0 Å². The van der Waals surface area contributed by atoms with Crippen molar-refractivity contribution in [2.24, 2.45) is 0 Å². The van der Waals surface area contributed by atoms with Gasteiger partial charge in [-0.1, -0.05) is 12.1 Å². The van der Waals surface area contributed by atoms with E-state index in [2.05, 4.69) is 0 Å². The van der Waals surface area contributed by atoms with Crippen molar-refractivity contribution in [1.29, 1.82) is 0 Å². The summed E-state index contributed by atoms with van der Waals surface area (Å²) in [6, 6.07) is 9.25. The van der Waals surface area contributed by atoms with Crippen LogP contribution in [0.15, 0.2) is 42.5 Å². The van der Waals surface area contributed by atoms with Gasteiger partial charge in [-0.05, 0) is 35.9 Å². The van der Waals surface area contributed by atoms with E-state index in [9.17, 15) is 18.4 Å². The molecule has 2 aromatic rings. The first kappa shape index (κ1) is 17.0. The molecule has 0 aromatic heterocycles. The number of carbonyl (C=O) groups excluding carboxylic acids is 1. The number of hydrogen-bond donors (Lipinski definition) is 1. The number of rotatable bonds is 3. The van der Waals surface area contributed by atoms with Crippen molar-refractivity contribution >= 4 is 11.9 Å². The normalized spacial score (nSPS) is 17.4. The highest BCUT2D eigenvalue weighted by molar-refractivity contribution is 5.97. The summed E-state index contributed by atoms with van der Waals surface area (Å²) in [4.78, 5) is 25.2. The Morgan fingerprint density at radius 1 is 1.08 bits per heavy atom. The predicted octanol–water partition coefficient (Wildman–Crippen LogP) is 2.88. The number of aromatic carboxylic acids is 1. The Balaban J connectivity index is 1.78. The lowest BCUT2D eigenvalue weighted by atomic mass is 10.1. The fourth-order valence-corrected chi connectivity index (χ4v) is 2.72. The van der Waals surface area contributed by atoms with E-state index in [1.807, 2.05) is 0 Å². The van der Waals surface area contributed by atoms with Gasteiger partial charge in [0.25, 0.3) is 5.91 Å². The molecule has 1 unspecified atom stereocenters. The summed E-state index contributed by atoms with van der Waals surface area (Å²) in [7, 11) is 0. The molecule has 1 aliphatic rings. The highest BCUT2D eigenvalue weighted by Crippen LogP contribution is 2.25. The summed E-state index contributed by atoms with van der Waals surface area (Å²) in [5.41, 5.74) is 0.720. The van der Waals surface area contributed by atoms with Crippen molar-refractivity contribution in [3.05, 3.63) is 70.8 Å². The van der Waals surface area contributed by atoms with Gasteiger partial charge >= 0.3 is 5.97 Å². The number of carboxylic acids is 1. The lowest BCUT2D eigenvalue weighted by molar-refractivity contribution is -0.0229. The van der Waals surface area contributed by atoms with E-state index >= 15 is 0 Å². The van der Waals surface area contributed by atoms with Gasteiger partial charge in [0.2, 0.25) is 0 Å². The summed E-state index contributed by atoms with van der Waals surface area (Å²) >= 11 is 0. The molecule has 0 radical (unpaired) electrons. The smallest absolute Gasteiger partial charge is 0.335 e. The average molecular weight is 347 g/mol. The molecule has 1 amide bonds. The minimum absolute atomic E-state index is 0.0243. The first-order valence-electron chi connectivity index (χ1n) is 7.65. The van der Waals surface area contributed by atoms with Gasteiger partial charge in [0.1, 0.15) is 6.10 Å². The zero-order valence-corrected chi connectivity index (χ0v) is 13.1. The minimum Gasteiger partial charge on any atom is -0.478 e. The first-order valence-corrected chi connectivity index (χ1v) is 7.65. The maximum atomic E-state index is 13.4. The number of ether oxygens (including phenoxy) is 1. The topological polar surface area (TPSA) is 66.8 Å². The van der Waals surface area contributed by atoms with E-state index in [-0.39, 0.29) is 30.2 Å². The van der Waals surface area contributed by atoms with Crippen LogP contribution in [-0.4, -0.2) is 41.6 Å². The van der Waals surface area contributed by atoms with Gasteiger partial charge < -0.3 is 14.7 Å². The fraction of sp³-hybridized carbons (Fsp3) is 0.222. The van der Waals surface area contributed by atoms with Gasteiger partial charge in [-0.25, -0.2) is 13.6 Å². The molecule has 0 aliphatic carbocycles. The van der Waals surface area contributed by atoms with Crippen LogP contribution < -0.4 is 0 Å². The van der Waals surface area contributed by atoms with E-state index in [4.69, 9.17) is 9.84 Å². The van der Waals surface area contributed by atoms with E-state index in [1.54, 1.807) is 0 Å². The Kier molecular flexibility index (Phi) is 4.76. The van der Waals surface area contributed by atoms with Crippen LogP contribution in [-0.2, 0) is 4.74 Å². The third-order valence-electron chi connectivity index (χ3n) is 4.03. The Bertz CT molecular complexity index is 824. The van der Waals surface area contributed by atoms with E-state index < -0.39 is 23.7 Å². The highest BCUT2D eigenvalue weighted by Gasteiger charge is 2.27. The van der Waals surface area contributed by atoms with Gasteiger partial charge in [-0.2, -0.15) is 0 Å². The standard InChI is InChI=1S/C18H15F2NO4/c19-14-5-4-11(9-15(14)20)16-10-21(6-7-25-16)17(22)12-2-1-3-13(8-12)18(23)24/h1-5,8-9,16H,6-7,10H2,(H,23,24). The molecule has 7 heteroatoms. The van der Waals surface area contributed by atoms with Crippen LogP contribution in [0.3, 0.4) is 0 Å². The van der Waals surface area contributed by atoms with Gasteiger partial charge in [-0.15, -0.1) is 0 Å². The Hall–Kier alpha value is -2.80. The van der Waals surface area contributed by atoms with E-state index in [0.29, 0.717) is 12.1 Å². The van der Waals surface area contributed by atoms with Crippen molar-refractivity contribution in [2.45, 2.75) is 6.10 Å². The number of nitrogens with zero attached hydrogens (tertiary/aromatic N) is 1. The van der Waals surface area contributed by atoms with Gasteiger partial charge in [-0.3, -0.25) is 4.79 Å². The molecular weight excluding hydrogens is 332 g/mol. The molecule has 1 fully saturated rings. The van der Waals surface area contributed by atoms with E-state index in [0.717, 1.165) is 12.1 Å². The summed E-state index contributed by atoms with van der Waals surface area (Å²) in [6.45, 7) is 0.742. The van der Waals surface area contributed by atoms with E-state index in [1.165, 1.54) is 35.2 Å². The number of carbonyl (C=O) groups is 2. The summed E-state index contributed by atoms with van der Waals surface area (Å²) in [6.07, 6.45) is -0.574. The minimum atomic E-state index is -1.11. The largest absolute Gasteiger partial charge is 0.478 e. The molecule has 1 aliphatic heterocycles. The molecule has 0 spiro atoms. The molecular formula is C18H15F2NO4. The van der Waals surface area contributed by atoms with Crippen LogP contribution >= 0.6 is 0 Å². The van der Waals surface area contributed by atoms with Crippen molar-refractivity contribution in [2.75, 3.05) is 19.7 Å². The lowest BCUT2D eigenvalue weighted by Crippen LogP contribution is -2.42. The summed E-state index contributed by atoms with van der Waals surface area (Å²) in [5, 5.41) is 9.03. The van der Waals surface area contributed by atoms with Gasteiger partial charge in [0.15, 0.2) is 11.6 Å². The molecule has 25 heavy (non-hydrogen) atoms. The molecule has 5 nitrogen and oxygen atoms in total. The van der Waals surface area contributed by atoms with Crippen LogP contribution in [0.4, 0.5) is 8.78 Å². The maximum absolute atomic E-state index is 13.4.